The molecule has 0 aliphatic rings. The Morgan fingerprint density at radius 2 is 1.77 bits per heavy atom. The van der Waals surface area contributed by atoms with Crippen LogP contribution in [0, 0.1) is 0 Å². The molecule has 5 nitrogen and oxygen atoms in total. The number of nitrogens with one attached hydrogen (secondary N) is 1. The third-order valence-electron chi connectivity index (χ3n) is 3.92. The highest BCUT2D eigenvalue weighted by Gasteiger charge is 2.04. The predicted molar refractivity (Wildman–Crippen MR) is 106 cm³/mol. The van der Waals surface area contributed by atoms with Crippen LogP contribution in [0.3, 0.4) is 0 Å². The van der Waals surface area contributed by atoms with E-state index in [0.717, 1.165) is 22.0 Å². The van der Waals surface area contributed by atoms with Crippen LogP contribution in [-0.4, -0.2) is 32.8 Å². The standard InChI is InChI=1S/C21H21N3O2/c1-24(2)18-12-10-16(11-13-18)14-22-23-21(25)15-26-20-9-5-7-17-6-3-4-8-19(17)20/h3-14H,15H2,1-2H3,(H,23,25). The molecule has 0 unspecified atom stereocenters. The maximum atomic E-state index is 11.9. The Balaban J connectivity index is 1.54. The largest absolute Gasteiger partial charge is 0.483 e. The van der Waals surface area contributed by atoms with Gasteiger partial charge in [0.1, 0.15) is 5.75 Å². The lowest BCUT2D eigenvalue weighted by Gasteiger charge is -2.11. The van der Waals surface area contributed by atoms with Gasteiger partial charge in [-0.25, -0.2) is 5.43 Å². The smallest absolute Gasteiger partial charge is 0.277 e. The van der Waals surface area contributed by atoms with Gasteiger partial charge < -0.3 is 9.64 Å². The lowest BCUT2D eigenvalue weighted by atomic mass is 10.1. The molecule has 1 amide bonds. The molecular weight excluding hydrogens is 326 g/mol. The van der Waals surface area contributed by atoms with Gasteiger partial charge >= 0.3 is 0 Å². The van der Waals surface area contributed by atoms with Crippen LogP contribution in [0.25, 0.3) is 10.8 Å². The van der Waals surface area contributed by atoms with Crippen LogP contribution < -0.4 is 15.1 Å². The van der Waals surface area contributed by atoms with Gasteiger partial charge in [-0.2, -0.15) is 5.10 Å². The fourth-order valence-corrected chi connectivity index (χ4v) is 2.53. The molecular formula is C21H21N3O2. The van der Waals surface area contributed by atoms with E-state index in [4.69, 9.17) is 4.74 Å². The maximum Gasteiger partial charge on any atom is 0.277 e. The Morgan fingerprint density at radius 3 is 2.54 bits per heavy atom. The Labute approximate surface area is 152 Å². The van der Waals surface area contributed by atoms with Gasteiger partial charge in [0.2, 0.25) is 0 Å². The predicted octanol–water partition coefficient (Wildman–Crippen LogP) is 3.43. The van der Waals surface area contributed by atoms with E-state index in [1.165, 1.54) is 0 Å². The third-order valence-corrected chi connectivity index (χ3v) is 3.92. The fourth-order valence-electron chi connectivity index (χ4n) is 2.53. The lowest BCUT2D eigenvalue weighted by Crippen LogP contribution is -2.24. The van der Waals surface area contributed by atoms with Crippen LogP contribution in [0.5, 0.6) is 5.75 Å². The number of ether oxygens (including phenoxy) is 1. The first-order valence-corrected chi connectivity index (χ1v) is 8.33. The molecule has 0 atom stereocenters. The number of carbonyl (C=O) groups is 1. The van der Waals surface area contributed by atoms with Crippen molar-refractivity contribution in [1.82, 2.24) is 5.43 Å². The molecule has 1 N–H and O–H groups in total. The van der Waals surface area contributed by atoms with E-state index in [-0.39, 0.29) is 12.5 Å². The SMILES string of the molecule is CN(C)c1ccc(C=NNC(=O)COc2cccc3ccccc23)cc1. The summed E-state index contributed by atoms with van der Waals surface area (Å²) in [6.45, 7) is -0.0923. The second kappa shape index (κ2) is 8.16. The number of benzene rings is 3. The molecule has 3 rings (SSSR count). The zero-order valence-corrected chi connectivity index (χ0v) is 14.8. The minimum atomic E-state index is -0.306. The molecule has 0 saturated carbocycles. The van der Waals surface area contributed by atoms with Gasteiger partial charge in [0.15, 0.2) is 6.61 Å². The van der Waals surface area contributed by atoms with E-state index in [2.05, 4.69) is 10.5 Å². The van der Waals surface area contributed by atoms with Gasteiger partial charge in [0, 0.05) is 25.2 Å². The Hall–Kier alpha value is -3.34. The van der Waals surface area contributed by atoms with Crippen LogP contribution in [0.2, 0.25) is 0 Å². The van der Waals surface area contributed by atoms with E-state index in [9.17, 15) is 4.79 Å². The molecule has 3 aromatic rings. The van der Waals surface area contributed by atoms with Crippen LogP contribution in [0.1, 0.15) is 5.56 Å². The Bertz CT molecular complexity index is 913. The van der Waals surface area contributed by atoms with Gasteiger partial charge in [-0.3, -0.25) is 4.79 Å². The first-order chi connectivity index (χ1) is 12.6. The summed E-state index contributed by atoms with van der Waals surface area (Å²) in [6.07, 6.45) is 1.61. The van der Waals surface area contributed by atoms with Gasteiger partial charge in [-0.15, -0.1) is 0 Å². The summed E-state index contributed by atoms with van der Waals surface area (Å²) in [4.78, 5) is 14.0. The molecule has 132 valence electrons. The van der Waals surface area contributed by atoms with E-state index >= 15 is 0 Å². The monoisotopic (exact) mass is 347 g/mol. The normalized spacial score (nSPS) is 10.8. The first kappa shape index (κ1) is 17.5. The van der Waals surface area contributed by atoms with Crippen LogP contribution in [0.4, 0.5) is 5.69 Å². The van der Waals surface area contributed by atoms with Crippen molar-refractivity contribution in [3.8, 4) is 5.75 Å². The Kier molecular flexibility index (Phi) is 5.49. The van der Waals surface area contributed by atoms with E-state index in [1.54, 1.807) is 6.21 Å². The van der Waals surface area contributed by atoms with Gasteiger partial charge in [-0.1, -0.05) is 48.5 Å². The topological polar surface area (TPSA) is 53.9 Å². The number of rotatable bonds is 6. The third kappa shape index (κ3) is 4.39. The van der Waals surface area contributed by atoms with E-state index < -0.39 is 0 Å². The summed E-state index contributed by atoms with van der Waals surface area (Å²) in [6, 6.07) is 21.5. The minimum Gasteiger partial charge on any atom is -0.483 e. The average molecular weight is 347 g/mol. The number of nitrogens with zero attached hydrogens (tertiary/aromatic N) is 2. The quantitative estimate of drug-likeness (QED) is 0.549. The van der Waals surface area contributed by atoms with Crippen molar-refractivity contribution in [2.24, 2.45) is 5.10 Å². The number of hydrogen-bond acceptors (Lipinski definition) is 4. The number of carbonyl (C=O) groups excluding carboxylic acids is 1. The van der Waals surface area contributed by atoms with Crippen molar-refractivity contribution in [2.75, 3.05) is 25.6 Å². The number of hydrogen-bond donors (Lipinski definition) is 1. The summed E-state index contributed by atoms with van der Waals surface area (Å²) in [5.41, 5.74) is 4.50. The number of fused-ring (bicyclic) bond motifs is 1. The van der Waals surface area contributed by atoms with Gasteiger partial charge in [-0.05, 0) is 29.1 Å². The molecule has 5 heteroatoms. The summed E-state index contributed by atoms with van der Waals surface area (Å²) >= 11 is 0. The second-order valence-electron chi connectivity index (χ2n) is 6.05. The van der Waals surface area contributed by atoms with Crippen LogP contribution in [-0.2, 0) is 4.79 Å². The highest BCUT2D eigenvalue weighted by molar-refractivity contribution is 5.89. The number of anilines is 1. The van der Waals surface area contributed by atoms with Crippen molar-refractivity contribution < 1.29 is 9.53 Å². The molecule has 0 saturated heterocycles. The molecule has 0 heterocycles. The summed E-state index contributed by atoms with van der Waals surface area (Å²) in [7, 11) is 3.97. The van der Waals surface area contributed by atoms with Crippen LogP contribution in [0.15, 0.2) is 71.8 Å². The molecule has 0 radical (unpaired) electrons. The summed E-state index contributed by atoms with van der Waals surface area (Å²) in [5, 5.41) is 6.03. The molecule has 0 fully saturated rings. The second-order valence-corrected chi connectivity index (χ2v) is 6.05. The fraction of sp³-hybridized carbons (Fsp3) is 0.143. The summed E-state index contributed by atoms with van der Waals surface area (Å²) < 4.78 is 5.63. The summed E-state index contributed by atoms with van der Waals surface area (Å²) in [5.74, 6) is 0.376. The molecule has 0 bridgehead atoms. The van der Waals surface area contributed by atoms with E-state index in [0.29, 0.717) is 5.75 Å². The molecule has 26 heavy (non-hydrogen) atoms. The number of hydrazone groups is 1. The molecule has 3 aromatic carbocycles. The van der Waals surface area contributed by atoms with Crippen LogP contribution >= 0.6 is 0 Å². The van der Waals surface area contributed by atoms with Crippen molar-refractivity contribution in [3.05, 3.63) is 72.3 Å². The van der Waals surface area contributed by atoms with Crippen molar-refractivity contribution in [2.45, 2.75) is 0 Å². The molecule has 0 aliphatic carbocycles. The first-order valence-electron chi connectivity index (χ1n) is 8.33. The highest BCUT2D eigenvalue weighted by Crippen LogP contribution is 2.24. The van der Waals surface area contributed by atoms with Crippen molar-refractivity contribution in [1.29, 1.82) is 0 Å². The Morgan fingerprint density at radius 1 is 1.04 bits per heavy atom. The average Bonchev–Trinajstić information content (AvgIpc) is 2.66. The van der Waals surface area contributed by atoms with Gasteiger partial charge in [0.05, 0.1) is 6.21 Å². The highest BCUT2D eigenvalue weighted by atomic mass is 16.5. The van der Waals surface area contributed by atoms with Crippen molar-refractivity contribution >= 4 is 28.6 Å². The maximum absolute atomic E-state index is 11.9. The molecule has 0 aromatic heterocycles. The van der Waals surface area contributed by atoms with Gasteiger partial charge in [0.25, 0.3) is 5.91 Å². The number of amides is 1. The minimum absolute atomic E-state index is 0.0923. The molecule has 0 spiro atoms. The lowest BCUT2D eigenvalue weighted by molar-refractivity contribution is -0.123. The van der Waals surface area contributed by atoms with Crippen molar-refractivity contribution in [3.63, 3.8) is 0 Å². The zero-order valence-electron chi connectivity index (χ0n) is 14.8. The van der Waals surface area contributed by atoms with E-state index in [1.807, 2.05) is 85.7 Å². The zero-order chi connectivity index (χ0) is 18.4. The molecule has 0 aliphatic heterocycles.